The molecule has 5 nitrogen and oxygen atoms in total. The number of ether oxygens (including phenoxy) is 1. The minimum atomic E-state index is -1.21. The van der Waals surface area contributed by atoms with Gasteiger partial charge < -0.3 is 14.4 Å². The second-order valence-corrected chi connectivity index (χ2v) is 3.25. The number of hydrogen-bond donors (Lipinski definition) is 1. The number of carboxylic acids is 1. The molecular weight excluding hydrogens is 229 g/mol. The first-order chi connectivity index (χ1) is 8.15. The van der Waals surface area contributed by atoms with E-state index in [0.717, 1.165) is 12.1 Å². The van der Waals surface area contributed by atoms with E-state index in [1.165, 1.54) is 12.3 Å². The highest BCUT2D eigenvalue weighted by Gasteiger charge is 2.08. The van der Waals surface area contributed by atoms with Gasteiger partial charge in [-0.25, -0.2) is 9.18 Å². The summed E-state index contributed by atoms with van der Waals surface area (Å²) in [6.07, 6.45) is 1.45. The molecule has 0 aliphatic carbocycles. The highest BCUT2D eigenvalue weighted by Crippen LogP contribution is 2.17. The molecule has 1 aromatic heterocycles. The maximum absolute atomic E-state index is 13.1. The lowest BCUT2D eigenvalue weighted by atomic mass is 10.2. The van der Waals surface area contributed by atoms with E-state index in [1.807, 2.05) is 0 Å². The predicted molar refractivity (Wildman–Crippen MR) is 54.2 cm³/mol. The Morgan fingerprint density at radius 2 is 2.29 bits per heavy atom. The van der Waals surface area contributed by atoms with Crippen LogP contribution in [-0.2, 0) is 6.61 Å². The van der Waals surface area contributed by atoms with E-state index in [4.69, 9.17) is 14.4 Å². The zero-order valence-electron chi connectivity index (χ0n) is 8.59. The van der Waals surface area contributed by atoms with Crippen LogP contribution in [0.3, 0.4) is 0 Å². The molecule has 1 heterocycles. The second kappa shape index (κ2) is 4.65. The summed E-state index contributed by atoms with van der Waals surface area (Å²) in [5.41, 5.74) is -0.169. The van der Waals surface area contributed by atoms with Gasteiger partial charge in [0.25, 0.3) is 0 Å². The molecule has 2 rings (SSSR count). The Morgan fingerprint density at radius 1 is 1.47 bits per heavy atom. The Kier molecular flexibility index (Phi) is 3.04. The van der Waals surface area contributed by atoms with Gasteiger partial charge in [-0.15, -0.1) is 0 Å². The Hall–Kier alpha value is -2.37. The smallest absolute Gasteiger partial charge is 0.335 e. The molecule has 0 radical (unpaired) electrons. The maximum Gasteiger partial charge on any atom is 0.335 e. The fraction of sp³-hybridized carbons (Fsp3) is 0.0909. The van der Waals surface area contributed by atoms with Crippen LogP contribution in [0.1, 0.15) is 16.1 Å². The number of aromatic nitrogens is 1. The molecule has 0 spiro atoms. The van der Waals surface area contributed by atoms with E-state index in [9.17, 15) is 9.18 Å². The molecule has 0 saturated carbocycles. The molecule has 0 fully saturated rings. The zero-order valence-corrected chi connectivity index (χ0v) is 8.59. The summed E-state index contributed by atoms with van der Waals surface area (Å²) in [5, 5.41) is 12.2. The third kappa shape index (κ3) is 2.81. The molecule has 0 saturated heterocycles. The highest BCUT2D eigenvalue weighted by atomic mass is 19.1. The molecule has 0 atom stereocenters. The summed E-state index contributed by atoms with van der Waals surface area (Å²) < 4.78 is 23.0. The highest BCUT2D eigenvalue weighted by molar-refractivity contribution is 5.88. The van der Waals surface area contributed by atoms with Gasteiger partial charge in [0.05, 0.1) is 11.8 Å². The van der Waals surface area contributed by atoms with Crippen LogP contribution in [0.4, 0.5) is 4.39 Å². The first kappa shape index (κ1) is 11.1. The summed E-state index contributed by atoms with van der Waals surface area (Å²) in [6.45, 7) is 0.0580. The molecular formula is C11H8FNO4. The van der Waals surface area contributed by atoms with Crippen LogP contribution in [0, 0.1) is 5.82 Å². The number of rotatable bonds is 4. The number of nitrogens with zero attached hydrogens (tertiary/aromatic N) is 1. The van der Waals surface area contributed by atoms with Crippen molar-refractivity contribution in [3.05, 3.63) is 47.6 Å². The van der Waals surface area contributed by atoms with E-state index in [2.05, 4.69) is 5.16 Å². The lowest BCUT2D eigenvalue weighted by Gasteiger charge is -2.05. The average Bonchev–Trinajstić information content (AvgIpc) is 2.78. The van der Waals surface area contributed by atoms with Crippen molar-refractivity contribution in [3.8, 4) is 5.75 Å². The van der Waals surface area contributed by atoms with Crippen LogP contribution in [0.2, 0.25) is 0 Å². The van der Waals surface area contributed by atoms with Crippen LogP contribution in [0.15, 0.2) is 35.0 Å². The van der Waals surface area contributed by atoms with Gasteiger partial charge in [-0.3, -0.25) is 0 Å². The topological polar surface area (TPSA) is 72.6 Å². The Labute approximate surface area is 95.4 Å². The molecule has 2 aromatic rings. The van der Waals surface area contributed by atoms with Gasteiger partial charge in [-0.1, -0.05) is 5.16 Å². The summed E-state index contributed by atoms with van der Waals surface area (Å²) in [7, 11) is 0. The molecule has 0 unspecified atom stereocenters. The fourth-order valence-corrected chi connectivity index (χ4v) is 1.24. The third-order valence-electron chi connectivity index (χ3n) is 1.99. The summed E-state index contributed by atoms with van der Waals surface area (Å²) in [5.74, 6) is -1.29. The van der Waals surface area contributed by atoms with Crippen molar-refractivity contribution in [2.24, 2.45) is 0 Å². The van der Waals surface area contributed by atoms with Gasteiger partial charge >= 0.3 is 5.97 Å². The van der Waals surface area contributed by atoms with Crippen molar-refractivity contribution < 1.29 is 23.6 Å². The molecule has 0 aliphatic heterocycles. The van der Waals surface area contributed by atoms with Gasteiger partial charge in [-0.05, 0) is 12.1 Å². The van der Waals surface area contributed by atoms with Crippen molar-refractivity contribution in [2.45, 2.75) is 6.61 Å². The van der Waals surface area contributed by atoms with Crippen molar-refractivity contribution >= 4 is 5.97 Å². The standard InChI is InChI=1S/C11H8FNO4/c12-8-3-7(11(14)15)4-10(5-8)16-6-9-1-2-13-17-9/h1-5H,6H2,(H,14,15). The third-order valence-corrected chi connectivity index (χ3v) is 1.99. The van der Waals surface area contributed by atoms with Crippen LogP contribution in [0.25, 0.3) is 0 Å². The number of hydrogen-bond acceptors (Lipinski definition) is 4. The van der Waals surface area contributed by atoms with E-state index < -0.39 is 11.8 Å². The Bertz CT molecular complexity index is 524. The lowest BCUT2D eigenvalue weighted by molar-refractivity contribution is 0.0695. The van der Waals surface area contributed by atoms with E-state index >= 15 is 0 Å². The monoisotopic (exact) mass is 237 g/mol. The number of carbonyl (C=O) groups is 1. The predicted octanol–water partition coefficient (Wildman–Crippen LogP) is 2.09. The molecule has 0 amide bonds. The molecule has 0 aliphatic rings. The molecule has 1 aromatic carbocycles. The van der Waals surface area contributed by atoms with E-state index in [1.54, 1.807) is 6.07 Å². The molecule has 0 bridgehead atoms. The number of benzene rings is 1. The van der Waals surface area contributed by atoms with Gasteiger partial charge in [0.2, 0.25) is 0 Å². The lowest BCUT2D eigenvalue weighted by Crippen LogP contribution is -2.00. The fourth-order valence-electron chi connectivity index (χ4n) is 1.24. The summed E-state index contributed by atoms with van der Waals surface area (Å²) in [4.78, 5) is 10.7. The van der Waals surface area contributed by atoms with Crippen molar-refractivity contribution in [2.75, 3.05) is 0 Å². The molecule has 88 valence electrons. The zero-order chi connectivity index (χ0) is 12.3. The normalized spacial score (nSPS) is 10.2. The van der Waals surface area contributed by atoms with Crippen LogP contribution < -0.4 is 4.74 Å². The van der Waals surface area contributed by atoms with E-state index in [0.29, 0.717) is 5.76 Å². The quantitative estimate of drug-likeness (QED) is 0.881. The first-order valence-corrected chi connectivity index (χ1v) is 4.71. The molecule has 17 heavy (non-hydrogen) atoms. The van der Waals surface area contributed by atoms with Crippen LogP contribution in [0.5, 0.6) is 5.75 Å². The molecule has 6 heteroatoms. The SMILES string of the molecule is O=C(O)c1cc(F)cc(OCc2ccno2)c1. The number of halogens is 1. The van der Waals surface area contributed by atoms with Gasteiger partial charge in [0, 0.05) is 12.1 Å². The van der Waals surface area contributed by atoms with E-state index in [-0.39, 0.29) is 17.9 Å². The minimum Gasteiger partial charge on any atom is -0.485 e. The van der Waals surface area contributed by atoms with Gasteiger partial charge in [0.1, 0.15) is 18.2 Å². The largest absolute Gasteiger partial charge is 0.485 e. The number of carboxylic acid groups (broad SMARTS) is 1. The van der Waals surface area contributed by atoms with Crippen molar-refractivity contribution in [1.29, 1.82) is 0 Å². The van der Waals surface area contributed by atoms with Gasteiger partial charge in [0.15, 0.2) is 5.76 Å². The second-order valence-electron chi connectivity index (χ2n) is 3.25. The summed E-state index contributed by atoms with van der Waals surface area (Å²) >= 11 is 0. The molecule has 1 N–H and O–H groups in total. The van der Waals surface area contributed by atoms with Crippen LogP contribution in [-0.4, -0.2) is 16.2 Å². The summed E-state index contributed by atoms with van der Waals surface area (Å²) in [6, 6.07) is 4.85. The minimum absolute atomic E-state index is 0.0580. The Balaban J connectivity index is 2.13. The maximum atomic E-state index is 13.1. The average molecular weight is 237 g/mol. The van der Waals surface area contributed by atoms with Crippen molar-refractivity contribution in [3.63, 3.8) is 0 Å². The van der Waals surface area contributed by atoms with Crippen LogP contribution >= 0.6 is 0 Å². The Morgan fingerprint density at radius 3 is 2.94 bits per heavy atom. The van der Waals surface area contributed by atoms with Gasteiger partial charge in [-0.2, -0.15) is 0 Å². The first-order valence-electron chi connectivity index (χ1n) is 4.71. The number of aromatic carboxylic acids is 1. The van der Waals surface area contributed by atoms with Crippen molar-refractivity contribution in [1.82, 2.24) is 5.16 Å².